The van der Waals surface area contributed by atoms with Gasteiger partial charge in [-0.2, -0.15) is 0 Å². The molecule has 2 aromatic heterocycles. The monoisotopic (exact) mass is 147 g/mol. The van der Waals surface area contributed by atoms with Gasteiger partial charge in [0.15, 0.2) is 5.65 Å². The summed E-state index contributed by atoms with van der Waals surface area (Å²) < 4.78 is 0. The summed E-state index contributed by atoms with van der Waals surface area (Å²) in [7, 11) is 0. The van der Waals surface area contributed by atoms with E-state index in [0.29, 0.717) is 5.65 Å². The minimum atomic E-state index is 0.132. The zero-order valence-corrected chi connectivity index (χ0v) is 5.60. The summed E-state index contributed by atoms with van der Waals surface area (Å²) in [6.45, 7) is 0. The van der Waals surface area contributed by atoms with E-state index in [0.717, 1.165) is 5.39 Å². The van der Waals surface area contributed by atoms with Crippen LogP contribution in [0.4, 0.5) is 0 Å². The van der Waals surface area contributed by atoms with Gasteiger partial charge in [0.05, 0.1) is 6.20 Å². The fourth-order valence-corrected chi connectivity index (χ4v) is 0.867. The molecule has 54 valence electrons. The van der Waals surface area contributed by atoms with E-state index in [4.69, 9.17) is 5.11 Å². The van der Waals surface area contributed by atoms with Crippen molar-refractivity contribution in [2.45, 2.75) is 0 Å². The Balaban J connectivity index is 2.83. The lowest BCUT2D eigenvalue weighted by molar-refractivity contribution is 0.474. The third-order valence-electron chi connectivity index (χ3n) is 1.34. The highest BCUT2D eigenvalue weighted by Crippen LogP contribution is 2.12. The van der Waals surface area contributed by atoms with Gasteiger partial charge in [-0.3, -0.25) is 0 Å². The highest BCUT2D eigenvalue weighted by molar-refractivity contribution is 5.74. The van der Waals surface area contributed by atoms with Crippen LogP contribution in [0.15, 0.2) is 24.8 Å². The third kappa shape index (κ3) is 0.980. The zero-order valence-electron chi connectivity index (χ0n) is 5.60. The second-order valence-corrected chi connectivity index (χ2v) is 2.13. The molecule has 0 spiro atoms. The van der Waals surface area contributed by atoms with Crippen molar-refractivity contribution < 1.29 is 5.11 Å². The average molecular weight is 147 g/mol. The maximum absolute atomic E-state index is 9.01. The van der Waals surface area contributed by atoms with Crippen molar-refractivity contribution >= 4 is 11.0 Å². The predicted octanol–water partition coefficient (Wildman–Crippen LogP) is 0.730. The summed E-state index contributed by atoms with van der Waals surface area (Å²) in [5, 5.41) is 9.76. The number of aromatic hydroxyl groups is 1. The van der Waals surface area contributed by atoms with Crippen molar-refractivity contribution in [3.8, 4) is 5.75 Å². The standard InChI is InChI=1S/C7H5N3O/c11-6-1-5-2-8-4-10-7(5)9-3-6/h1-4,11H. The van der Waals surface area contributed by atoms with E-state index in [1.807, 2.05) is 0 Å². The van der Waals surface area contributed by atoms with Crippen molar-refractivity contribution in [3.63, 3.8) is 0 Å². The van der Waals surface area contributed by atoms with Crippen LogP contribution in [0.5, 0.6) is 5.75 Å². The summed E-state index contributed by atoms with van der Waals surface area (Å²) in [4.78, 5) is 11.6. The van der Waals surface area contributed by atoms with Gasteiger partial charge in [-0.25, -0.2) is 15.0 Å². The summed E-state index contributed by atoms with van der Waals surface area (Å²) >= 11 is 0. The molecule has 2 aromatic rings. The number of aromatic nitrogens is 3. The Morgan fingerprint density at radius 2 is 2.09 bits per heavy atom. The van der Waals surface area contributed by atoms with Crippen LogP contribution in [0.2, 0.25) is 0 Å². The Kier molecular flexibility index (Phi) is 1.18. The summed E-state index contributed by atoms with van der Waals surface area (Å²) in [6.07, 6.45) is 4.39. The Hall–Kier alpha value is -1.71. The quantitative estimate of drug-likeness (QED) is 0.596. The first kappa shape index (κ1) is 6.03. The first-order chi connectivity index (χ1) is 5.36. The molecule has 0 atom stereocenters. The normalized spacial score (nSPS) is 10.2. The fraction of sp³-hybridized carbons (Fsp3) is 0. The first-order valence-electron chi connectivity index (χ1n) is 3.11. The van der Waals surface area contributed by atoms with Gasteiger partial charge in [0, 0.05) is 11.6 Å². The molecule has 0 aliphatic carbocycles. The van der Waals surface area contributed by atoms with Gasteiger partial charge in [-0.15, -0.1) is 0 Å². The van der Waals surface area contributed by atoms with Crippen LogP contribution in [0.1, 0.15) is 0 Å². The van der Waals surface area contributed by atoms with Crippen LogP contribution < -0.4 is 0 Å². The Morgan fingerprint density at radius 3 is 3.00 bits per heavy atom. The SMILES string of the molecule is Oc1cnc2ncncc2c1. The Bertz CT molecular complexity index is 388. The molecular formula is C7H5N3O. The van der Waals surface area contributed by atoms with Gasteiger partial charge >= 0.3 is 0 Å². The molecule has 4 heteroatoms. The van der Waals surface area contributed by atoms with Gasteiger partial charge in [0.1, 0.15) is 12.1 Å². The Labute approximate surface area is 62.6 Å². The molecule has 0 saturated carbocycles. The molecule has 4 nitrogen and oxygen atoms in total. The van der Waals surface area contributed by atoms with Crippen LogP contribution >= 0.6 is 0 Å². The molecule has 0 aliphatic rings. The molecule has 2 rings (SSSR count). The largest absolute Gasteiger partial charge is 0.506 e. The molecule has 0 bridgehead atoms. The molecule has 0 aromatic carbocycles. The van der Waals surface area contributed by atoms with Crippen molar-refractivity contribution in [3.05, 3.63) is 24.8 Å². The molecule has 1 N–H and O–H groups in total. The molecule has 2 heterocycles. The van der Waals surface area contributed by atoms with E-state index in [2.05, 4.69) is 15.0 Å². The Morgan fingerprint density at radius 1 is 1.18 bits per heavy atom. The number of hydrogen-bond acceptors (Lipinski definition) is 4. The molecule has 0 fully saturated rings. The molecule has 11 heavy (non-hydrogen) atoms. The van der Waals surface area contributed by atoms with Gasteiger partial charge in [-0.05, 0) is 6.07 Å². The molecule has 0 unspecified atom stereocenters. The molecule has 0 amide bonds. The van der Waals surface area contributed by atoms with E-state index in [1.54, 1.807) is 12.3 Å². The lowest BCUT2D eigenvalue weighted by Gasteiger charge is -1.93. The molecular weight excluding hydrogens is 142 g/mol. The number of hydrogen-bond donors (Lipinski definition) is 1. The number of pyridine rings is 1. The maximum atomic E-state index is 9.01. The van der Waals surface area contributed by atoms with Crippen LogP contribution in [0, 0.1) is 0 Å². The van der Waals surface area contributed by atoms with Crippen LogP contribution in [0.25, 0.3) is 11.0 Å². The van der Waals surface area contributed by atoms with E-state index in [1.165, 1.54) is 12.5 Å². The van der Waals surface area contributed by atoms with Crippen LogP contribution in [0.3, 0.4) is 0 Å². The molecule has 0 saturated heterocycles. The summed E-state index contributed by atoms with van der Waals surface area (Å²) in [6, 6.07) is 1.57. The van der Waals surface area contributed by atoms with Crippen molar-refractivity contribution in [1.29, 1.82) is 0 Å². The van der Waals surface area contributed by atoms with Crippen molar-refractivity contribution in [1.82, 2.24) is 15.0 Å². The van der Waals surface area contributed by atoms with E-state index < -0.39 is 0 Å². The van der Waals surface area contributed by atoms with Crippen LogP contribution in [-0.4, -0.2) is 20.1 Å². The molecule has 0 radical (unpaired) electrons. The minimum Gasteiger partial charge on any atom is -0.506 e. The topological polar surface area (TPSA) is 58.9 Å². The second kappa shape index (κ2) is 2.16. The lowest BCUT2D eigenvalue weighted by atomic mass is 10.3. The van der Waals surface area contributed by atoms with Gasteiger partial charge in [0.2, 0.25) is 0 Å². The van der Waals surface area contributed by atoms with Crippen LogP contribution in [-0.2, 0) is 0 Å². The van der Waals surface area contributed by atoms with E-state index in [-0.39, 0.29) is 5.75 Å². The third-order valence-corrected chi connectivity index (χ3v) is 1.34. The fourth-order valence-electron chi connectivity index (χ4n) is 0.867. The minimum absolute atomic E-state index is 0.132. The maximum Gasteiger partial charge on any atom is 0.162 e. The van der Waals surface area contributed by atoms with E-state index >= 15 is 0 Å². The van der Waals surface area contributed by atoms with Gasteiger partial charge in [-0.1, -0.05) is 0 Å². The van der Waals surface area contributed by atoms with Gasteiger partial charge < -0.3 is 5.11 Å². The smallest absolute Gasteiger partial charge is 0.162 e. The van der Waals surface area contributed by atoms with Gasteiger partial charge in [0.25, 0.3) is 0 Å². The summed E-state index contributed by atoms with van der Waals surface area (Å²) in [5.74, 6) is 0.132. The number of fused-ring (bicyclic) bond motifs is 1. The number of nitrogens with zero attached hydrogens (tertiary/aromatic N) is 3. The summed E-state index contributed by atoms with van der Waals surface area (Å²) in [5.41, 5.74) is 0.595. The highest BCUT2D eigenvalue weighted by Gasteiger charge is 1.94. The van der Waals surface area contributed by atoms with E-state index in [9.17, 15) is 0 Å². The lowest BCUT2D eigenvalue weighted by Crippen LogP contribution is -1.83. The zero-order chi connectivity index (χ0) is 7.68. The van der Waals surface area contributed by atoms with Crippen molar-refractivity contribution in [2.75, 3.05) is 0 Å². The number of rotatable bonds is 0. The molecule has 0 aliphatic heterocycles. The van der Waals surface area contributed by atoms with Crippen molar-refractivity contribution in [2.24, 2.45) is 0 Å². The average Bonchev–Trinajstić information content (AvgIpc) is 2.04. The second-order valence-electron chi connectivity index (χ2n) is 2.13. The predicted molar refractivity (Wildman–Crippen MR) is 39.0 cm³/mol. The first-order valence-corrected chi connectivity index (χ1v) is 3.11. The highest BCUT2D eigenvalue weighted by atomic mass is 16.3.